The van der Waals surface area contributed by atoms with Crippen LogP contribution in [0.15, 0.2) is 79.1 Å². The van der Waals surface area contributed by atoms with Crippen LogP contribution in [0.2, 0.25) is 0 Å². The fraction of sp³-hybridized carbons (Fsp3) is 0.130. The van der Waals surface area contributed by atoms with E-state index in [0.29, 0.717) is 17.1 Å². The third-order valence-corrected chi connectivity index (χ3v) is 4.67. The Labute approximate surface area is 177 Å². The molecule has 2 heterocycles. The normalized spacial score (nSPS) is 11.8. The molecule has 0 radical (unpaired) electrons. The van der Waals surface area contributed by atoms with Crippen molar-refractivity contribution in [3.05, 3.63) is 94.8 Å². The summed E-state index contributed by atoms with van der Waals surface area (Å²) >= 11 is 0. The van der Waals surface area contributed by atoms with Crippen molar-refractivity contribution < 1.29 is 19.2 Å². The zero-order valence-electron chi connectivity index (χ0n) is 16.7. The lowest BCUT2D eigenvalue weighted by Gasteiger charge is -2.14. The van der Waals surface area contributed by atoms with Gasteiger partial charge in [-0.25, -0.2) is 9.78 Å². The molecule has 0 aliphatic carbocycles. The van der Waals surface area contributed by atoms with Crippen molar-refractivity contribution in [2.75, 3.05) is 0 Å². The molecule has 0 saturated carbocycles. The Morgan fingerprint density at radius 3 is 2.52 bits per heavy atom. The van der Waals surface area contributed by atoms with Crippen LogP contribution in [0.25, 0.3) is 16.9 Å². The maximum absolute atomic E-state index is 12.2. The van der Waals surface area contributed by atoms with E-state index in [-0.39, 0.29) is 12.3 Å². The van der Waals surface area contributed by atoms with Crippen LogP contribution in [0, 0.1) is 10.1 Å². The van der Waals surface area contributed by atoms with E-state index in [0.717, 1.165) is 11.1 Å². The number of esters is 1. The first kappa shape index (κ1) is 20.1. The van der Waals surface area contributed by atoms with Gasteiger partial charge in [0.1, 0.15) is 18.0 Å². The molecule has 8 heteroatoms. The number of fused-ring (bicyclic) bond motifs is 1. The molecule has 31 heavy (non-hydrogen) atoms. The number of imidazole rings is 1. The lowest BCUT2D eigenvalue weighted by atomic mass is 10.1. The molecule has 0 aliphatic heterocycles. The molecule has 2 aromatic carbocycles. The highest BCUT2D eigenvalue weighted by Crippen LogP contribution is 2.24. The van der Waals surface area contributed by atoms with Crippen molar-refractivity contribution in [3.8, 4) is 17.0 Å². The summed E-state index contributed by atoms with van der Waals surface area (Å²) in [4.78, 5) is 27.1. The first-order valence-corrected chi connectivity index (χ1v) is 9.60. The summed E-state index contributed by atoms with van der Waals surface area (Å²) in [5.74, 6) is 0.0715. The van der Waals surface area contributed by atoms with Gasteiger partial charge in [0.15, 0.2) is 6.10 Å². The molecule has 8 nitrogen and oxygen atoms in total. The lowest BCUT2D eigenvalue weighted by molar-refractivity contribution is -0.385. The van der Waals surface area contributed by atoms with Crippen LogP contribution >= 0.6 is 0 Å². The number of nitro groups is 1. The van der Waals surface area contributed by atoms with E-state index < -0.39 is 17.0 Å². The van der Waals surface area contributed by atoms with Gasteiger partial charge in [0.25, 0.3) is 5.69 Å². The molecule has 0 bridgehead atoms. The highest BCUT2D eigenvalue weighted by Gasteiger charge is 2.17. The Morgan fingerprint density at radius 1 is 1.06 bits per heavy atom. The van der Waals surface area contributed by atoms with E-state index in [1.54, 1.807) is 35.7 Å². The van der Waals surface area contributed by atoms with Crippen molar-refractivity contribution in [1.82, 2.24) is 9.38 Å². The Kier molecular flexibility index (Phi) is 5.61. The Hall–Kier alpha value is -4.20. The number of pyridine rings is 1. The molecule has 4 rings (SSSR count). The zero-order valence-corrected chi connectivity index (χ0v) is 16.7. The van der Waals surface area contributed by atoms with E-state index in [1.807, 2.05) is 42.5 Å². The maximum atomic E-state index is 12.2. The smallest absolute Gasteiger partial charge is 0.347 e. The van der Waals surface area contributed by atoms with Gasteiger partial charge in [-0.3, -0.25) is 14.5 Å². The highest BCUT2D eigenvalue weighted by atomic mass is 16.6. The molecule has 1 unspecified atom stereocenters. The van der Waals surface area contributed by atoms with Crippen molar-refractivity contribution in [3.63, 3.8) is 0 Å². The van der Waals surface area contributed by atoms with Gasteiger partial charge in [-0.15, -0.1) is 0 Å². The molecular formula is C23H19N3O5. The van der Waals surface area contributed by atoms with Crippen LogP contribution in [0.3, 0.4) is 0 Å². The van der Waals surface area contributed by atoms with Crippen molar-refractivity contribution in [2.45, 2.75) is 19.6 Å². The van der Waals surface area contributed by atoms with Gasteiger partial charge < -0.3 is 9.47 Å². The van der Waals surface area contributed by atoms with Gasteiger partial charge in [-0.05, 0) is 42.8 Å². The minimum atomic E-state index is -0.759. The van der Waals surface area contributed by atoms with E-state index in [9.17, 15) is 14.9 Å². The topological polar surface area (TPSA) is 96.0 Å². The van der Waals surface area contributed by atoms with Gasteiger partial charge in [-0.2, -0.15) is 0 Å². The maximum Gasteiger partial charge on any atom is 0.347 e. The summed E-state index contributed by atoms with van der Waals surface area (Å²) in [6.45, 7) is 1.83. The Bertz CT molecular complexity index is 1220. The second kappa shape index (κ2) is 8.66. The number of ether oxygens (including phenoxy) is 2. The van der Waals surface area contributed by atoms with Crippen LogP contribution in [-0.4, -0.2) is 26.4 Å². The molecule has 4 aromatic rings. The molecule has 156 valence electrons. The van der Waals surface area contributed by atoms with E-state index in [2.05, 4.69) is 4.98 Å². The SMILES string of the molecule is CC(Oc1ccc(-c2cn3cc([N+](=O)[O-])ccc3n2)cc1)C(=O)OCc1ccccc1. The second-order valence-electron chi connectivity index (χ2n) is 6.91. The van der Waals surface area contributed by atoms with Gasteiger partial charge in [0.2, 0.25) is 0 Å². The van der Waals surface area contributed by atoms with E-state index >= 15 is 0 Å². The molecule has 0 aliphatic rings. The van der Waals surface area contributed by atoms with Gasteiger partial charge >= 0.3 is 5.97 Å². The standard InChI is InChI=1S/C23H19N3O5/c1-16(23(27)30-15-17-5-3-2-4-6-17)31-20-10-7-18(8-11-20)21-14-25-13-19(26(28)29)9-12-22(25)24-21/h2-14,16H,15H2,1H3. The number of benzene rings is 2. The number of nitrogens with zero attached hydrogens (tertiary/aromatic N) is 3. The molecular weight excluding hydrogens is 398 g/mol. The average Bonchev–Trinajstić information content (AvgIpc) is 3.22. The van der Waals surface area contributed by atoms with Crippen LogP contribution in [0.1, 0.15) is 12.5 Å². The summed E-state index contributed by atoms with van der Waals surface area (Å²) in [6, 6.07) is 19.6. The summed E-state index contributed by atoms with van der Waals surface area (Å²) < 4.78 is 12.6. The fourth-order valence-electron chi connectivity index (χ4n) is 3.03. The van der Waals surface area contributed by atoms with Crippen LogP contribution < -0.4 is 4.74 Å². The van der Waals surface area contributed by atoms with Crippen LogP contribution in [-0.2, 0) is 16.1 Å². The number of aromatic nitrogens is 2. The van der Waals surface area contributed by atoms with Crippen molar-refractivity contribution in [1.29, 1.82) is 0 Å². The van der Waals surface area contributed by atoms with E-state index in [4.69, 9.17) is 9.47 Å². The van der Waals surface area contributed by atoms with Gasteiger partial charge in [-0.1, -0.05) is 30.3 Å². The number of carbonyl (C=O) groups is 1. The molecule has 0 spiro atoms. The third-order valence-electron chi connectivity index (χ3n) is 4.67. The van der Waals surface area contributed by atoms with Gasteiger partial charge in [0.05, 0.1) is 16.8 Å². The second-order valence-corrected chi connectivity index (χ2v) is 6.91. The minimum Gasteiger partial charge on any atom is -0.479 e. The molecule has 2 aromatic heterocycles. The van der Waals surface area contributed by atoms with Gasteiger partial charge in [0, 0.05) is 17.8 Å². The molecule has 0 N–H and O–H groups in total. The predicted octanol–water partition coefficient (Wildman–Crippen LogP) is 4.42. The van der Waals surface area contributed by atoms with Crippen molar-refractivity contribution in [2.24, 2.45) is 0 Å². The summed E-state index contributed by atoms with van der Waals surface area (Å²) in [7, 11) is 0. The van der Waals surface area contributed by atoms with Crippen LogP contribution in [0.5, 0.6) is 5.75 Å². The average molecular weight is 417 g/mol. The predicted molar refractivity (Wildman–Crippen MR) is 114 cm³/mol. The molecule has 0 saturated heterocycles. The fourth-order valence-corrected chi connectivity index (χ4v) is 3.03. The lowest BCUT2D eigenvalue weighted by Crippen LogP contribution is -2.26. The molecule has 0 fully saturated rings. The number of hydrogen-bond donors (Lipinski definition) is 0. The summed E-state index contributed by atoms with van der Waals surface area (Å²) in [5.41, 5.74) is 3.00. The Morgan fingerprint density at radius 2 is 1.81 bits per heavy atom. The largest absolute Gasteiger partial charge is 0.479 e. The highest BCUT2D eigenvalue weighted by molar-refractivity contribution is 5.74. The zero-order chi connectivity index (χ0) is 21.8. The third kappa shape index (κ3) is 4.69. The summed E-state index contributed by atoms with van der Waals surface area (Å²) in [6.07, 6.45) is 2.39. The minimum absolute atomic E-state index is 0.00617. The van der Waals surface area contributed by atoms with Crippen molar-refractivity contribution >= 4 is 17.3 Å². The van der Waals surface area contributed by atoms with Crippen LogP contribution in [0.4, 0.5) is 5.69 Å². The number of rotatable bonds is 7. The monoisotopic (exact) mass is 417 g/mol. The van der Waals surface area contributed by atoms with E-state index in [1.165, 1.54) is 12.3 Å². The first-order valence-electron chi connectivity index (χ1n) is 9.60. The summed E-state index contributed by atoms with van der Waals surface area (Å²) in [5, 5.41) is 10.9. The first-order chi connectivity index (χ1) is 15.0. The molecule has 1 atom stereocenters. The Balaban J connectivity index is 1.40. The number of carbonyl (C=O) groups excluding carboxylic acids is 1. The number of hydrogen-bond acceptors (Lipinski definition) is 6. The quantitative estimate of drug-likeness (QED) is 0.251. The molecule has 0 amide bonds.